The Balaban J connectivity index is 1.76. The first-order valence-corrected chi connectivity index (χ1v) is 9.62. The van der Waals surface area contributed by atoms with Gasteiger partial charge in [-0.3, -0.25) is 4.79 Å². The molecule has 3 rings (SSSR count). The zero-order valence-electron chi connectivity index (χ0n) is 15.4. The minimum absolute atomic E-state index is 0.135. The van der Waals surface area contributed by atoms with Gasteiger partial charge in [0.15, 0.2) is 0 Å². The third kappa shape index (κ3) is 4.42. The zero-order chi connectivity index (χ0) is 19.6. The maximum Gasteiger partial charge on any atom is 0.246 e. The topological polar surface area (TPSA) is 59.6 Å². The second kappa shape index (κ2) is 8.28. The lowest BCUT2D eigenvalue weighted by atomic mass is 10.1. The largest absolute Gasteiger partial charge is 0.492 e. The highest BCUT2D eigenvalue weighted by molar-refractivity contribution is 6.44. The Kier molecular flexibility index (Phi) is 6.02. The maximum absolute atomic E-state index is 12.6. The third-order valence-corrected chi connectivity index (χ3v) is 5.09. The number of rotatable bonds is 6. The van der Waals surface area contributed by atoms with Crippen LogP contribution in [-0.4, -0.2) is 24.7 Å². The summed E-state index contributed by atoms with van der Waals surface area (Å²) in [6, 6.07) is 8.43. The predicted molar refractivity (Wildman–Crippen MR) is 110 cm³/mol. The number of nitrogens with one attached hydrogen (secondary N) is 2. The van der Waals surface area contributed by atoms with Crippen molar-refractivity contribution in [2.45, 2.75) is 39.3 Å². The van der Waals surface area contributed by atoms with E-state index in [4.69, 9.17) is 32.7 Å². The molecule has 2 atom stereocenters. The Labute approximate surface area is 168 Å². The van der Waals surface area contributed by atoms with Gasteiger partial charge in [-0.2, -0.15) is 0 Å². The van der Waals surface area contributed by atoms with E-state index in [9.17, 15) is 4.79 Å². The van der Waals surface area contributed by atoms with Crippen LogP contribution in [0.25, 0.3) is 0 Å². The quantitative estimate of drug-likeness (QED) is 0.693. The molecule has 1 aliphatic rings. The summed E-state index contributed by atoms with van der Waals surface area (Å²) >= 11 is 12.1. The normalized spacial score (nSPS) is 16.3. The second-order valence-corrected chi connectivity index (χ2v) is 7.26. The molecular formula is C20H22Cl2N2O3. The van der Waals surface area contributed by atoms with Crippen LogP contribution < -0.4 is 20.1 Å². The zero-order valence-corrected chi connectivity index (χ0v) is 16.9. The van der Waals surface area contributed by atoms with Gasteiger partial charge in [-0.1, -0.05) is 29.3 Å². The summed E-state index contributed by atoms with van der Waals surface area (Å²) in [4.78, 5) is 12.6. The maximum atomic E-state index is 12.6. The number of halogens is 2. The highest BCUT2D eigenvalue weighted by atomic mass is 35.5. The van der Waals surface area contributed by atoms with Crippen molar-refractivity contribution in [3.63, 3.8) is 0 Å². The first-order chi connectivity index (χ1) is 12.9. The van der Waals surface area contributed by atoms with Gasteiger partial charge in [0.25, 0.3) is 0 Å². The Morgan fingerprint density at radius 2 is 2.11 bits per heavy atom. The standard InChI is InChI=1S/C20H22Cl2N2O3/c1-4-26-18-9-13-8-11(2)27-17(13)10-16(18)23-12(3)20(25)24-15-7-5-6-14(21)19(15)22/h5-7,9-12,23H,4,8H2,1-3H3,(H,24,25)/t11-,12+/m0/s1. The number of hydrogen-bond donors (Lipinski definition) is 2. The van der Waals surface area contributed by atoms with Crippen LogP contribution in [0.5, 0.6) is 11.5 Å². The summed E-state index contributed by atoms with van der Waals surface area (Å²) in [7, 11) is 0. The molecular weight excluding hydrogens is 387 g/mol. The van der Waals surface area contributed by atoms with Gasteiger partial charge in [-0.05, 0) is 39.0 Å². The lowest BCUT2D eigenvalue weighted by Gasteiger charge is -2.19. The highest BCUT2D eigenvalue weighted by Gasteiger charge is 2.23. The van der Waals surface area contributed by atoms with Gasteiger partial charge in [-0.25, -0.2) is 0 Å². The van der Waals surface area contributed by atoms with E-state index in [0.717, 1.165) is 17.7 Å². The molecule has 2 N–H and O–H groups in total. The number of hydrogen-bond acceptors (Lipinski definition) is 4. The highest BCUT2D eigenvalue weighted by Crippen LogP contribution is 2.38. The van der Waals surface area contributed by atoms with Crippen LogP contribution in [0.1, 0.15) is 26.3 Å². The molecule has 0 spiro atoms. The number of amides is 1. The number of benzene rings is 2. The second-order valence-electron chi connectivity index (χ2n) is 6.48. The molecule has 2 aromatic rings. The molecule has 27 heavy (non-hydrogen) atoms. The van der Waals surface area contributed by atoms with Crippen molar-refractivity contribution < 1.29 is 14.3 Å². The van der Waals surface area contributed by atoms with Gasteiger partial charge >= 0.3 is 0 Å². The van der Waals surface area contributed by atoms with Crippen molar-refractivity contribution in [2.24, 2.45) is 0 Å². The third-order valence-electron chi connectivity index (χ3n) is 4.27. The Morgan fingerprint density at radius 3 is 2.85 bits per heavy atom. The summed E-state index contributed by atoms with van der Waals surface area (Å²) in [5, 5.41) is 6.69. The fraction of sp³-hybridized carbons (Fsp3) is 0.350. The number of carbonyl (C=O) groups excluding carboxylic acids is 1. The van der Waals surface area contributed by atoms with Gasteiger partial charge in [0.2, 0.25) is 5.91 Å². The number of ether oxygens (including phenoxy) is 2. The first kappa shape index (κ1) is 19.6. The molecule has 0 bridgehead atoms. The van der Waals surface area contributed by atoms with E-state index in [0.29, 0.717) is 33.8 Å². The average Bonchev–Trinajstić information content (AvgIpc) is 2.98. The van der Waals surface area contributed by atoms with Crippen LogP contribution in [-0.2, 0) is 11.2 Å². The Hall–Kier alpha value is -2.11. The van der Waals surface area contributed by atoms with Gasteiger partial charge in [0.1, 0.15) is 23.6 Å². The van der Waals surface area contributed by atoms with Crippen molar-refractivity contribution in [3.8, 4) is 11.5 Å². The molecule has 0 radical (unpaired) electrons. The van der Waals surface area contributed by atoms with E-state index in [1.165, 1.54) is 0 Å². The van der Waals surface area contributed by atoms with E-state index < -0.39 is 6.04 Å². The molecule has 0 aromatic heterocycles. The van der Waals surface area contributed by atoms with E-state index in [2.05, 4.69) is 10.6 Å². The molecule has 1 heterocycles. The van der Waals surface area contributed by atoms with E-state index in [1.54, 1.807) is 25.1 Å². The Bertz CT molecular complexity index is 857. The summed E-state index contributed by atoms with van der Waals surface area (Å²) in [6.45, 7) is 6.24. The smallest absolute Gasteiger partial charge is 0.246 e. The van der Waals surface area contributed by atoms with Crippen LogP contribution in [0.3, 0.4) is 0 Å². The predicted octanol–water partition coefficient (Wildman–Crippen LogP) is 5.15. The van der Waals surface area contributed by atoms with E-state index >= 15 is 0 Å². The van der Waals surface area contributed by atoms with Crippen LogP contribution in [0.4, 0.5) is 11.4 Å². The molecule has 0 unspecified atom stereocenters. The fourth-order valence-corrected chi connectivity index (χ4v) is 3.31. The number of carbonyl (C=O) groups is 1. The molecule has 0 saturated heterocycles. The van der Waals surface area contributed by atoms with Gasteiger partial charge in [-0.15, -0.1) is 0 Å². The SMILES string of the molecule is CCOc1cc2c(cc1N[C@H](C)C(=O)Nc1cccc(Cl)c1Cl)O[C@@H](C)C2. The first-order valence-electron chi connectivity index (χ1n) is 8.86. The van der Waals surface area contributed by atoms with Gasteiger partial charge in [0.05, 0.1) is 28.0 Å². The summed E-state index contributed by atoms with van der Waals surface area (Å²) in [5.41, 5.74) is 2.29. The van der Waals surface area contributed by atoms with Crippen molar-refractivity contribution in [3.05, 3.63) is 45.9 Å². The van der Waals surface area contributed by atoms with Crippen LogP contribution >= 0.6 is 23.2 Å². The van der Waals surface area contributed by atoms with Crippen molar-refractivity contribution in [1.29, 1.82) is 0 Å². The van der Waals surface area contributed by atoms with Crippen molar-refractivity contribution >= 4 is 40.5 Å². The number of fused-ring (bicyclic) bond motifs is 1. The minimum Gasteiger partial charge on any atom is -0.492 e. The Morgan fingerprint density at radius 1 is 1.33 bits per heavy atom. The molecule has 0 fully saturated rings. The van der Waals surface area contributed by atoms with Gasteiger partial charge in [0, 0.05) is 18.1 Å². The minimum atomic E-state index is -0.531. The molecule has 144 valence electrons. The van der Waals surface area contributed by atoms with Crippen molar-refractivity contribution in [1.82, 2.24) is 0 Å². The van der Waals surface area contributed by atoms with Crippen molar-refractivity contribution in [2.75, 3.05) is 17.2 Å². The molecule has 7 heteroatoms. The van der Waals surface area contributed by atoms with Gasteiger partial charge < -0.3 is 20.1 Å². The average molecular weight is 409 g/mol. The summed E-state index contributed by atoms with van der Waals surface area (Å²) in [6.07, 6.45) is 0.981. The fourth-order valence-electron chi connectivity index (χ4n) is 2.97. The summed E-state index contributed by atoms with van der Waals surface area (Å²) < 4.78 is 11.6. The lowest BCUT2D eigenvalue weighted by Crippen LogP contribution is -2.32. The lowest BCUT2D eigenvalue weighted by molar-refractivity contribution is -0.116. The molecule has 1 amide bonds. The molecule has 1 aliphatic heterocycles. The summed E-state index contributed by atoms with van der Waals surface area (Å²) in [5.74, 6) is 1.28. The van der Waals surface area contributed by atoms with Crippen LogP contribution in [0.2, 0.25) is 10.0 Å². The molecule has 5 nitrogen and oxygen atoms in total. The number of anilines is 2. The molecule has 0 saturated carbocycles. The van der Waals surface area contributed by atoms with E-state index in [1.807, 2.05) is 26.0 Å². The molecule has 0 aliphatic carbocycles. The van der Waals surface area contributed by atoms with E-state index in [-0.39, 0.29) is 12.0 Å². The van der Waals surface area contributed by atoms with Crippen LogP contribution in [0.15, 0.2) is 30.3 Å². The molecule has 2 aromatic carbocycles. The monoisotopic (exact) mass is 408 g/mol. The van der Waals surface area contributed by atoms with Crippen LogP contribution in [0, 0.1) is 0 Å².